The molecule has 32 heavy (non-hydrogen) atoms. The fraction of sp³-hybridized carbons (Fsp3) is 0.360. The van der Waals surface area contributed by atoms with E-state index >= 15 is 0 Å². The van der Waals surface area contributed by atoms with Gasteiger partial charge in [0.15, 0.2) is 6.61 Å². The Balaban J connectivity index is 1.45. The van der Waals surface area contributed by atoms with Gasteiger partial charge in [0.1, 0.15) is 0 Å². The highest BCUT2D eigenvalue weighted by molar-refractivity contribution is 5.96. The number of nitrogens with one attached hydrogen (secondary N) is 1. The summed E-state index contributed by atoms with van der Waals surface area (Å²) in [6.45, 7) is 1.98. The van der Waals surface area contributed by atoms with Gasteiger partial charge in [0.2, 0.25) is 5.88 Å². The van der Waals surface area contributed by atoms with Gasteiger partial charge in [-0.15, -0.1) is 0 Å². The van der Waals surface area contributed by atoms with Gasteiger partial charge in [-0.05, 0) is 18.1 Å². The second-order valence-corrected chi connectivity index (χ2v) is 8.41. The molecule has 3 aromatic rings. The number of aromatic nitrogens is 1. The summed E-state index contributed by atoms with van der Waals surface area (Å²) in [7, 11) is 3.95. The Labute approximate surface area is 188 Å². The molecule has 1 aliphatic heterocycles. The first-order chi connectivity index (χ1) is 15.5. The van der Waals surface area contributed by atoms with E-state index in [9.17, 15) is 9.90 Å². The van der Waals surface area contributed by atoms with Crippen molar-refractivity contribution in [2.45, 2.75) is 18.6 Å². The van der Waals surface area contributed by atoms with Crippen LogP contribution in [0.1, 0.15) is 18.0 Å². The Morgan fingerprint density at radius 2 is 1.91 bits per heavy atom. The predicted molar refractivity (Wildman–Crippen MR) is 126 cm³/mol. The molecule has 1 saturated heterocycles. The lowest BCUT2D eigenvalue weighted by atomic mass is 10.1. The third-order valence-corrected chi connectivity index (χ3v) is 5.78. The number of carbonyl (C=O) groups excluding carboxylic acids is 1. The summed E-state index contributed by atoms with van der Waals surface area (Å²) >= 11 is 0. The summed E-state index contributed by atoms with van der Waals surface area (Å²) < 4.78 is 5.84. The van der Waals surface area contributed by atoms with Gasteiger partial charge in [0.25, 0.3) is 5.91 Å². The van der Waals surface area contributed by atoms with Crippen LogP contribution >= 0.6 is 0 Å². The number of anilines is 1. The van der Waals surface area contributed by atoms with Crippen LogP contribution in [0.3, 0.4) is 0 Å². The molecule has 0 aliphatic carbocycles. The van der Waals surface area contributed by atoms with Crippen LogP contribution in [0.15, 0.2) is 60.8 Å². The molecule has 2 aromatic carbocycles. The molecular weight excluding hydrogens is 404 g/mol. The first-order valence-electron chi connectivity index (χ1n) is 10.9. The maximum Gasteiger partial charge on any atom is 0.258 e. The summed E-state index contributed by atoms with van der Waals surface area (Å²) in [4.78, 5) is 21.4. The van der Waals surface area contributed by atoms with Gasteiger partial charge < -0.3 is 20.1 Å². The molecule has 0 radical (unpaired) electrons. The molecule has 168 valence electrons. The largest absolute Gasteiger partial charge is 0.467 e. The Bertz CT molecular complexity index is 1060. The quantitative estimate of drug-likeness (QED) is 0.568. The van der Waals surface area contributed by atoms with Crippen LogP contribution < -0.4 is 15.0 Å². The number of likely N-dealkylation sites (tertiary alicyclic amines) is 1. The Morgan fingerprint density at radius 1 is 1.19 bits per heavy atom. The SMILES string of the molecule is CN(C)c1cnc(OCC(=O)N[C@H](CN2CC[C@H](O)C2)c2ccccc2)c2ccccc12. The van der Waals surface area contributed by atoms with Crippen LogP contribution in [-0.2, 0) is 4.79 Å². The fourth-order valence-corrected chi connectivity index (χ4v) is 4.15. The van der Waals surface area contributed by atoms with Gasteiger partial charge >= 0.3 is 0 Å². The van der Waals surface area contributed by atoms with E-state index in [1.54, 1.807) is 6.20 Å². The highest BCUT2D eigenvalue weighted by atomic mass is 16.5. The second-order valence-electron chi connectivity index (χ2n) is 8.41. The Morgan fingerprint density at radius 3 is 2.59 bits per heavy atom. The van der Waals surface area contributed by atoms with Gasteiger partial charge in [0, 0.05) is 44.5 Å². The number of nitrogens with zero attached hydrogens (tertiary/aromatic N) is 3. The highest BCUT2D eigenvalue weighted by Gasteiger charge is 2.25. The maximum atomic E-state index is 12.8. The van der Waals surface area contributed by atoms with E-state index in [0.29, 0.717) is 19.0 Å². The summed E-state index contributed by atoms with van der Waals surface area (Å²) in [6.07, 6.45) is 2.23. The molecule has 1 fully saturated rings. The van der Waals surface area contributed by atoms with Crippen molar-refractivity contribution in [1.29, 1.82) is 0 Å². The van der Waals surface area contributed by atoms with E-state index in [0.717, 1.165) is 35.0 Å². The van der Waals surface area contributed by atoms with Crippen LogP contribution in [0.25, 0.3) is 10.8 Å². The minimum absolute atomic E-state index is 0.121. The summed E-state index contributed by atoms with van der Waals surface area (Å²) in [5, 5.41) is 14.9. The third-order valence-electron chi connectivity index (χ3n) is 5.78. The summed E-state index contributed by atoms with van der Waals surface area (Å²) in [5.41, 5.74) is 2.02. The van der Waals surface area contributed by atoms with E-state index in [1.807, 2.05) is 73.6 Å². The molecule has 4 rings (SSSR count). The van der Waals surface area contributed by atoms with Gasteiger partial charge in [0.05, 0.1) is 24.0 Å². The van der Waals surface area contributed by atoms with E-state index < -0.39 is 0 Å². The summed E-state index contributed by atoms with van der Waals surface area (Å²) in [6, 6.07) is 17.6. The monoisotopic (exact) mass is 434 g/mol. The van der Waals surface area contributed by atoms with Gasteiger partial charge in [-0.25, -0.2) is 4.98 Å². The molecule has 0 saturated carbocycles. The van der Waals surface area contributed by atoms with Crippen molar-refractivity contribution in [3.05, 3.63) is 66.4 Å². The van der Waals surface area contributed by atoms with E-state index in [1.165, 1.54) is 0 Å². The molecule has 0 spiro atoms. The van der Waals surface area contributed by atoms with E-state index in [4.69, 9.17) is 4.74 Å². The van der Waals surface area contributed by atoms with E-state index in [-0.39, 0.29) is 24.7 Å². The first kappa shape index (κ1) is 22.0. The molecule has 0 bridgehead atoms. The number of carbonyl (C=O) groups is 1. The topological polar surface area (TPSA) is 77.9 Å². The number of pyridine rings is 1. The van der Waals surface area contributed by atoms with Crippen LogP contribution in [0.5, 0.6) is 5.88 Å². The van der Waals surface area contributed by atoms with Gasteiger partial charge in [-0.3, -0.25) is 9.69 Å². The zero-order valence-electron chi connectivity index (χ0n) is 18.6. The number of rotatable bonds is 8. The van der Waals surface area contributed by atoms with Crippen LogP contribution in [-0.4, -0.2) is 67.3 Å². The molecular formula is C25H30N4O3. The highest BCUT2D eigenvalue weighted by Crippen LogP contribution is 2.30. The number of aliphatic hydroxyl groups is 1. The Kier molecular flexibility index (Phi) is 6.87. The maximum absolute atomic E-state index is 12.8. The standard InChI is InChI=1S/C25H30N4O3/c1-28(2)23-14-26-25(21-11-7-6-10-20(21)23)32-17-24(31)27-22(18-8-4-3-5-9-18)16-29-13-12-19(30)15-29/h3-11,14,19,22,30H,12-13,15-17H2,1-2H3,(H,27,31)/t19-,22+/m0/s1. The zero-order valence-corrected chi connectivity index (χ0v) is 18.6. The number of ether oxygens (including phenoxy) is 1. The Hall–Kier alpha value is -3.16. The van der Waals surface area contributed by atoms with Crippen LogP contribution in [0, 0.1) is 0 Å². The van der Waals surface area contributed by atoms with Crippen molar-refractivity contribution >= 4 is 22.4 Å². The normalized spacial score (nSPS) is 17.3. The molecule has 1 aromatic heterocycles. The molecule has 2 atom stereocenters. The smallest absolute Gasteiger partial charge is 0.258 e. The molecule has 7 heteroatoms. The van der Waals surface area contributed by atoms with Crippen molar-refractivity contribution < 1.29 is 14.6 Å². The number of fused-ring (bicyclic) bond motifs is 1. The van der Waals surface area contributed by atoms with Crippen molar-refractivity contribution in [2.75, 3.05) is 45.2 Å². The molecule has 7 nitrogen and oxygen atoms in total. The average molecular weight is 435 g/mol. The fourth-order valence-electron chi connectivity index (χ4n) is 4.15. The van der Waals surface area contributed by atoms with Crippen LogP contribution in [0.2, 0.25) is 0 Å². The molecule has 1 amide bonds. The third kappa shape index (κ3) is 5.18. The minimum atomic E-state index is -0.296. The average Bonchev–Trinajstić information content (AvgIpc) is 3.22. The van der Waals surface area contributed by atoms with Crippen LogP contribution in [0.4, 0.5) is 5.69 Å². The number of β-amino-alcohol motifs (C(OH)–C–C–N with tert-alkyl or cyclic N) is 1. The van der Waals surface area contributed by atoms with Gasteiger partial charge in [-0.1, -0.05) is 48.5 Å². The lowest BCUT2D eigenvalue weighted by Crippen LogP contribution is -2.39. The molecule has 0 unspecified atom stereocenters. The number of benzene rings is 2. The van der Waals surface area contributed by atoms with Gasteiger partial charge in [-0.2, -0.15) is 0 Å². The molecule has 2 heterocycles. The lowest BCUT2D eigenvalue weighted by molar-refractivity contribution is -0.124. The first-order valence-corrected chi connectivity index (χ1v) is 10.9. The number of amides is 1. The van der Waals surface area contributed by atoms with Crippen molar-refractivity contribution in [3.63, 3.8) is 0 Å². The number of hydrogen-bond donors (Lipinski definition) is 2. The van der Waals surface area contributed by atoms with Crippen molar-refractivity contribution in [2.24, 2.45) is 0 Å². The second kappa shape index (κ2) is 9.97. The minimum Gasteiger partial charge on any atom is -0.467 e. The van der Waals surface area contributed by atoms with Crippen molar-refractivity contribution in [3.8, 4) is 5.88 Å². The predicted octanol–water partition coefficient (Wildman–Crippen LogP) is 2.60. The number of hydrogen-bond acceptors (Lipinski definition) is 6. The lowest BCUT2D eigenvalue weighted by Gasteiger charge is -2.25. The molecule has 2 N–H and O–H groups in total. The van der Waals surface area contributed by atoms with E-state index in [2.05, 4.69) is 15.2 Å². The van der Waals surface area contributed by atoms with Crippen molar-refractivity contribution in [1.82, 2.24) is 15.2 Å². The molecule has 1 aliphatic rings. The zero-order chi connectivity index (χ0) is 22.5. The summed E-state index contributed by atoms with van der Waals surface area (Å²) in [5.74, 6) is 0.237. The number of aliphatic hydroxyl groups excluding tert-OH is 1.